The molecule has 0 atom stereocenters. The molecule has 134 valence electrons. The van der Waals surface area contributed by atoms with Crippen molar-refractivity contribution in [1.29, 1.82) is 0 Å². The van der Waals surface area contributed by atoms with Crippen molar-refractivity contribution < 1.29 is 13.2 Å². The lowest BCUT2D eigenvalue weighted by molar-refractivity contribution is 0.103. The van der Waals surface area contributed by atoms with Crippen LogP contribution in [0.1, 0.15) is 22.2 Å². The molecule has 3 rings (SSSR count). The lowest BCUT2D eigenvalue weighted by Gasteiger charge is -2.12. The molecular weight excluding hydrogens is 368 g/mol. The molecule has 0 spiro atoms. The Hall–Kier alpha value is -2.64. The molecule has 2 aromatic carbocycles. The minimum atomic E-state index is -3.70. The van der Waals surface area contributed by atoms with Gasteiger partial charge in [-0.1, -0.05) is 31.2 Å². The first kappa shape index (κ1) is 18.2. The van der Waals surface area contributed by atoms with Crippen molar-refractivity contribution in [3.63, 3.8) is 0 Å². The number of benzene rings is 2. The predicted molar refractivity (Wildman–Crippen MR) is 105 cm³/mol. The Labute approximate surface area is 156 Å². The van der Waals surface area contributed by atoms with E-state index in [9.17, 15) is 13.2 Å². The summed E-state index contributed by atoms with van der Waals surface area (Å²) in [6, 6.07) is 16.9. The van der Waals surface area contributed by atoms with E-state index in [1.165, 1.54) is 23.5 Å². The highest BCUT2D eigenvalue weighted by Crippen LogP contribution is 2.22. The van der Waals surface area contributed by atoms with Gasteiger partial charge in [-0.05, 0) is 53.8 Å². The molecule has 3 aromatic rings. The zero-order valence-corrected chi connectivity index (χ0v) is 15.7. The molecule has 1 amide bonds. The fourth-order valence-corrected chi connectivity index (χ4v) is 4.17. The topological polar surface area (TPSA) is 75.3 Å². The Morgan fingerprint density at radius 3 is 2.38 bits per heavy atom. The van der Waals surface area contributed by atoms with E-state index in [0.717, 1.165) is 12.0 Å². The normalized spacial score (nSPS) is 11.1. The van der Waals surface area contributed by atoms with Crippen molar-refractivity contribution in [3.8, 4) is 0 Å². The minimum absolute atomic E-state index is 0.137. The van der Waals surface area contributed by atoms with Crippen LogP contribution in [0.5, 0.6) is 0 Å². The third-order valence-electron chi connectivity index (χ3n) is 3.81. The molecule has 1 heterocycles. The largest absolute Gasteiger partial charge is 0.321 e. The molecule has 0 aliphatic rings. The second-order valence-corrected chi connectivity index (χ2v) is 8.20. The van der Waals surface area contributed by atoms with Gasteiger partial charge in [-0.15, -0.1) is 11.3 Å². The fraction of sp³-hybridized carbons (Fsp3) is 0.105. The van der Waals surface area contributed by atoms with Gasteiger partial charge in [-0.3, -0.25) is 9.52 Å². The molecule has 26 heavy (non-hydrogen) atoms. The lowest BCUT2D eigenvalue weighted by Crippen LogP contribution is -2.14. The number of thiophene rings is 1. The molecule has 0 aliphatic carbocycles. The summed E-state index contributed by atoms with van der Waals surface area (Å²) in [6.45, 7) is 1.97. The standard InChI is InChI=1S/C19H18N2O3S2/c1-2-14-6-3-4-7-17(14)21-26(23,24)16-11-9-15(10-12-16)20-19(22)18-8-5-13-25-18/h3-13,21H,2H2,1H3,(H,20,22). The first-order valence-electron chi connectivity index (χ1n) is 8.05. The third-order valence-corrected chi connectivity index (χ3v) is 6.06. The molecule has 0 saturated carbocycles. The van der Waals surface area contributed by atoms with Gasteiger partial charge >= 0.3 is 0 Å². The molecule has 0 saturated heterocycles. The van der Waals surface area contributed by atoms with Gasteiger partial charge in [0.25, 0.3) is 15.9 Å². The van der Waals surface area contributed by atoms with Crippen LogP contribution in [-0.4, -0.2) is 14.3 Å². The summed E-state index contributed by atoms with van der Waals surface area (Å²) in [7, 11) is -3.70. The number of anilines is 2. The van der Waals surface area contributed by atoms with Gasteiger partial charge in [0.05, 0.1) is 15.5 Å². The highest BCUT2D eigenvalue weighted by Gasteiger charge is 2.16. The Bertz CT molecular complexity index is 996. The maximum absolute atomic E-state index is 12.6. The highest BCUT2D eigenvalue weighted by molar-refractivity contribution is 7.92. The van der Waals surface area contributed by atoms with E-state index in [0.29, 0.717) is 16.3 Å². The van der Waals surface area contributed by atoms with Gasteiger partial charge in [-0.2, -0.15) is 0 Å². The van der Waals surface area contributed by atoms with Crippen LogP contribution in [-0.2, 0) is 16.4 Å². The van der Waals surface area contributed by atoms with Crippen LogP contribution < -0.4 is 10.0 Å². The van der Waals surface area contributed by atoms with Crippen molar-refractivity contribution in [1.82, 2.24) is 0 Å². The van der Waals surface area contributed by atoms with Crippen LogP contribution in [0.3, 0.4) is 0 Å². The van der Waals surface area contributed by atoms with Crippen molar-refractivity contribution in [2.75, 3.05) is 10.0 Å². The van der Waals surface area contributed by atoms with Crippen LogP contribution in [0.15, 0.2) is 70.9 Å². The zero-order valence-electron chi connectivity index (χ0n) is 14.1. The summed E-state index contributed by atoms with van der Waals surface area (Å²) in [6.07, 6.45) is 0.729. The van der Waals surface area contributed by atoms with Gasteiger partial charge in [0.2, 0.25) is 0 Å². The molecule has 0 bridgehead atoms. The van der Waals surface area contributed by atoms with E-state index in [-0.39, 0.29) is 10.8 Å². The number of nitrogens with one attached hydrogen (secondary N) is 2. The molecule has 2 N–H and O–H groups in total. The maximum atomic E-state index is 12.6. The minimum Gasteiger partial charge on any atom is -0.321 e. The van der Waals surface area contributed by atoms with Gasteiger partial charge in [-0.25, -0.2) is 8.42 Å². The van der Waals surface area contributed by atoms with Crippen LogP contribution in [0.4, 0.5) is 11.4 Å². The second kappa shape index (κ2) is 7.72. The highest BCUT2D eigenvalue weighted by atomic mass is 32.2. The zero-order chi connectivity index (χ0) is 18.6. The molecule has 0 radical (unpaired) electrons. The molecule has 0 aliphatic heterocycles. The van der Waals surface area contributed by atoms with Crippen molar-refractivity contribution in [3.05, 3.63) is 76.5 Å². The number of hydrogen-bond acceptors (Lipinski definition) is 4. The number of carbonyl (C=O) groups excluding carboxylic acids is 1. The number of amides is 1. The second-order valence-electron chi connectivity index (χ2n) is 5.57. The Balaban J connectivity index is 1.75. The Morgan fingerprint density at radius 2 is 1.73 bits per heavy atom. The first-order valence-corrected chi connectivity index (χ1v) is 10.4. The summed E-state index contributed by atoms with van der Waals surface area (Å²) < 4.78 is 27.8. The van der Waals surface area contributed by atoms with E-state index in [4.69, 9.17) is 0 Å². The average molecular weight is 386 g/mol. The Morgan fingerprint density at radius 1 is 1.00 bits per heavy atom. The molecular formula is C19H18N2O3S2. The predicted octanol–water partition coefficient (Wildman–Crippen LogP) is 4.36. The van der Waals surface area contributed by atoms with Gasteiger partial charge < -0.3 is 5.32 Å². The number of aryl methyl sites for hydroxylation is 1. The summed E-state index contributed by atoms with van der Waals surface area (Å²) in [5.41, 5.74) is 2.04. The summed E-state index contributed by atoms with van der Waals surface area (Å²) in [5.74, 6) is -0.217. The van der Waals surface area contributed by atoms with Gasteiger partial charge in [0, 0.05) is 5.69 Å². The monoisotopic (exact) mass is 386 g/mol. The van der Waals surface area contributed by atoms with Crippen LogP contribution in [0, 0.1) is 0 Å². The van der Waals surface area contributed by atoms with Gasteiger partial charge in [0.1, 0.15) is 0 Å². The summed E-state index contributed by atoms with van der Waals surface area (Å²) in [4.78, 5) is 12.8. The van der Waals surface area contributed by atoms with Gasteiger partial charge in [0.15, 0.2) is 0 Å². The van der Waals surface area contributed by atoms with Crippen molar-refractivity contribution in [2.24, 2.45) is 0 Å². The van der Waals surface area contributed by atoms with Crippen molar-refractivity contribution in [2.45, 2.75) is 18.2 Å². The fourth-order valence-electron chi connectivity index (χ4n) is 2.45. The number of hydrogen-bond donors (Lipinski definition) is 2. The van der Waals surface area contributed by atoms with Crippen LogP contribution in [0.25, 0.3) is 0 Å². The summed E-state index contributed by atoms with van der Waals surface area (Å²) >= 11 is 1.34. The molecule has 7 heteroatoms. The van der Waals surface area contributed by atoms with Crippen LogP contribution in [0.2, 0.25) is 0 Å². The summed E-state index contributed by atoms with van der Waals surface area (Å²) in [5, 5.41) is 4.57. The smallest absolute Gasteiger partial charge is 0.265 e. The van der Waals surface area contributed by atoms with E-state index in [1.54, 1.807) is 36.4 Å². The first-order chi connectivity index (χ1) is 12.5. The maximum Gasteiger partial charge on any atom is 0.265 e. The number of para-hydroxylation sites is 1. The SMILES string of the molecule is CCc1ccccc1NS(=O)(=O)c1ccc(NC(=O)c2cccs2)cc1. The lowest BCUT2D eigenvalue weighted by atomic mass is 10.1. The molecule has 1 aromatic heterocycles. The number of carbonyl (C=O) groups is 1. The van der Waals surface area contributed by atoms with Crippen LogP contribution >= 0.6 is 11.3 Å². The Kier molecular flexibility index (Phi) is 5.39. The number of rotatable bonds is 6. The molecule has 0 unspecified atom stereocenters. The molecule has 5 nitrogen and oxygen atoms in total. The van der Waals surface area contributed by atoms with E-state index < -0.39 is 10.0 Å². The van der Waals surface area contributed by atoms with E-state index in [1.807, 2.05) is 24.4 Å². The average Bonchev–Trinajstić information content (AvgIpc) is 3.17. The number of sulfonamides is 1. The van der Waals surface area contributed by atoms with Crippen molar-refractivity contribution >= 4 is 38.6 Å². The van der Waals surface area contributed by atoms with E-state index in [2.05, 4.69) is 10.0 Å². The molecule has 0 fully saturated rings. The van der Waals surface area contributed by atoms with E-state index >= 15 is 0 Å². The third kappa shape index (κ3) is 4.12. The quantitative estimate of drug-likeness (QED) is 0.661.